The van der Waals surface area contributed by atoms with Crippen LogP contribution in [-0.4, -0.2) is 64.9 Å². The molecule has 1 saturated heterocycles. The lowest BCUT2D eigenvalue weighted by Crippen LogP contribution is -2.49. The van der Waals surface area contributed by atoms with E-state index in [1.165, 1.54) is 10.5 Å². The summed E-state index contributed by atoms with van der Waals surface area (Å²) >= 11 is 0. The predicted octanol–water partition coefficient (Wildman–Crippen LogP) is -0.0201. The number of fused-ring (bicyclic) bond motifs is 1. The smallest absolute Gasteiger partial charge is 0.258 e. The number of hydrogen-bond donors (Lipinski definition) is 1. The number of pyridine rings is 1. The number of likely N-dealkylation sites (N-methyl/N-ethyl adjacent to an activating group) is 1. The fourth-order valence-electron chi connectivity index (χ4n) is 2.76. The zero-order chi connectivity index (χ0) is 16.2. The third kappa shape index (κ3) is 4.31. The van der Waals surface area contributed by atoms with Gasteiger partial charge in [0.1, 0.15) is 5.65 Å². The van der Waals surface area contributed by atoms with Crippen molar-refractivity contribution in [3.05, 3.63) is 46.5 Å². The van der Waals surface area contributed by atoms with E-state index in [4.69, 9.17) is 0 Å². The highest BCUT2D eigenvalue weighted by Gasteiger charge is 2.18. The van der Waals surface area contributed by atoms with Crippen LogP contribution in [0.15, 0.2) is 35.3 Å². The zero-order valence-electron chi connectivity index (χ0n) is 13.6. The molecule has 0 aromatic carbocycles. The molecule has 3 rings (SSSR count). The van der Waals surface area contributed by atoms with E-state index in [0.717, 1.165) is 26.2 Å². The summed E-state index contributed by atoms with van der Waals surface area (Å²) in [6, 6.07) is 6.98. The summed E-state index contributed by atoms with van der Waals surface area (Å²) < 4.78 is 1.51. The first-order valence-electron chi connectivity index (χ1n) is 7.78. The zero-order valence-corrected chi connectivity index (χ0v) is 14.5. The molecular weight excluding hydrogens is 330 g/mol. The van der Waals surface area contributed by atoms with Gasteiger partial charge in [-0.2, -0.15) is 0 Å². The van der Waals surface area contributed by atoms with Gasteiger partial charge in [-0.3, -0.25) is 18.9 Å². The van der Waals surface area contributed by atoms with Crippen LogP contribution in [0.5, 0.6) is 0 Å². The Labute approximate surface area is 146 Å². The van der Waals surface area contributed by atoms with E-state index in [-0.39, 0.29) is 23.9 Å². The highest BCUT2D eigenvalue weighted by atomic mass is 35.5. The first kappa shape index (κ1) is 18.4. The minimum Gasteiger partial charge on any atom is -0.339 e. The molecule has 0 radical (unpaired) electrons. The van der Waals surface area contributed by atoms with Crippen LogP contribution in [0.4, 0.5) is 0 Å². The van der Waals surface area contributed by atoms with Crippen molar-refractivity contribution in [1.29, 1.82) is 0 Å². The van der Waals surface area contributed by atoms with Crippen LogP contribution in [0.25, 0.3) is 5.65 Å². The van der Waals surface area contributed by atoms with Gasteiger partial charge in [0.2, 0.25) is 5.91 Å². The third-order valence-electron chi connectivity index (χ3n) is 3.93. The van der Waals surface area contributed by atoms with Gasteiger partial charge in [-0.1, -0.05) is 6.07 Å². The van der Waals surface area contributed by atoms with Crippen molar-refractivity contribution in [2.75, 3.05) is 39.8 Å². The lowest BCUT2D eigenvalue weighted by Gasteiger charge is -2.29. The molecule has 1 aliphatic heterocycles. The Balaban J connectivity index is 0.00000208. The number of amides is 1. The van der Waals surface area contributed by atoms with Gasteiger partial charge in [-0.15, -0.1) is 12.4 Å². The molecule has 130 valence electrons. The number of halogens is 1. The highest BCUT2D eigenvalue weighted by Crippen LogP contribution is 2.03. The monoisotopic (exact) mass is 351 g/mol. The number of carbonyl (C=O) groups excluding carboxylic acids is 1. The average molecular weight is 352 g/mol. The van der Waals surface area contributed by atoms with E-state index in [1.807, 2.05) is 22.9 Å². The van der Waals surface area contributed by atoms with Crippen LogP contribution in [0, 0.1) is 0 Å². The van der Waals surface area contributed by atoms with Crippen LogP contribution in [0.3, 0.4) is 0 Å². The predicted molar refractivity (Wildman–Crippen MR) is 94.5 cm³/mol. The summed E-state index contributed by atoms with van der Waals surface area (Å²) in [5.41, 5.74) is 1.20. The molecule has 0 unspecified atom stereocenters. The molecular formula is C16H22ClN5O2. The van der Waals surface area contributed by atoms with E-state index in [1.54, 1.807) is 18.3 Å². The molecule has 1 N–H and O–H groups in total. The molecule has 0 spiro atoms. The summed E-state index contributed by atoms with van der Waals surface area (Å²) in [5, 5.41) is 3.23. The molecule has 2 aromatic rings. The summed E-state index contributed by atoms with van der Waals surface area (Å²) in [6.07, 6.45) is 1.70. The van der Waals surface area contributed by atoms with E-state index in [2.05, 4.69) is 10.3 Å². The van der Waals surface area contributed by atoms with Crippen molar-refractivity contribution in [3.8, 4) is 0 Å². The number of rotatable bonds is 4. The first-order chi connectivity index (χ1) is 11.1. The van der Waals surface area contributed by atoms with Crippen molar-refractivity contribution >= 4 is 24.0 Å². The second kappa shape index (κ2) is 8.23. The molecule has 0 aliphatic carbocycles. The minimum atomic E-state index is -0.104. The molecule has 1 aliphatic rings. The Hall–Kier alpha value is -1.96. The molecule has 1 amide bonds. The molecule has 3 heterocycles. The van der Waals surface area contributed by atoms with Crippen LogP contribution in [-0.2, 0) is 11.3 Å². The summed E-state index contributed by atoms with van der Waals surface area (Å²) in [7, 11) is 1.87. The molecule has 8 heteroatoms. The normalized spacial score (nSPS) is 14.7. The fraction of sp³-hybridized carbons (Fsp3) is 0.438. The average Bonchev–Trinajstić information content (AvgIpc) is 2.55. The second-order valence-electron chi connectivity index (χ2n) is 5.82. The van der Waals surface area contributed by atoms with Gasteiger partial charge < -0.3 is 10.2 Å². The fourth-order valence-corrected chi connectivity index (χ4v) is 2.76. The minimum absolute atomic E-state index is 0. The Bertz CT molecular complexity index is 757. The number of nitrogens with one attached hydrogen (secondary N) is 1. The Morgan fingerprint density at radius 2 is 2.08 bits per heavy atom. The van der Waals surface area contributed by atoms with E-state index in [0.29, 0.717) is 24.4 Å². The van der Waals surface area contributed by atoms with Crippen LogP contribution in [0.2, 0.25) is 0 Å². The van der Waals surface area contributed by atoms with E-state index >= 15 is 0 Å². The number of nitrogens with zero attached hydrogens (tertiary/aromatic N) is 4. The van der Waals surface area contributed by atoms with Crippen molar-refractivity contribution in [3.63, 3.8) is 0 Å². The van der Waals surface area contributed by atoms with Gasteiger partial charge in [0.05, 0.1) is 12.2 Å². The van der Waals surface area contributed by atoms with Crippen molar-refractivity contribution in [2.24, 2.45) is 0 Å². The largest absolute Gasteiger partial charge is 0.339 e. The number of piperazine rings is 1. The van der Waals surface area contributed by atoms with Gasteiger partial charge in [-0.05, 0) is 19.2 Å². The maximum atomic E-state index is 12.2. The first-order valence-corrected chi connectivity index (χ1v) is 7.78. The maximum Gasteiger partial charge on any atom is 0.258 e. The van der Waals surface area contributed by atoms with E-state index in [9.17, 15) is 9.59 Å². The van der Waals surface area contributed by atoms with E-state index < -0.39 is 0 Å². The molecule has 7 nitrogen and oxygen atoms in total. The topological polar surface area (TPSA) is 70.0 Å². The van der Waals surface area contributed by atoms with Crippen LogP contribution in [0.1, 0.15) is 5.69 Å². The standard InChI is InChI=1S/C16H21N5O2.ClH/c1-19(12-16(23)20-8-5-17-6-9-20)11-13-10-15(22)21-7-3-2-4-14(21)18-13;/h2-4,7,10,17H,5-6,8-9,11-12H2,1H3;1H. The van der Waals surface area contributed by atoms with Crippen LogP contribution < -0.4 is 10.9 Å². The SMILES string of the molecule is CN(CC(=O)N1CCNCC1)Cc1cc(=O)n2ccccc2n1.Cl. The quantitative estimate of drug-likeness (QED) is 0.838. The van der Waals surface area contributed by atoms with Gasteiger partial charge in [0.15, 0.2) is 0 Å². The lowest BCUT2D eigenvalue weighted by molar-refractivity contribution is -0.132. The number of aromatic nitrogens is 2. The molecule has 2 aromatic heterocycles. The van der Waals surface area contributed by atoms with Gasteiger partial charge >= 0.3 is 0 Å². The summed E-state index contributed by atoms with van der Waals surface area (Å²) in [5.74, 6) is 0.117. The van der Waals surface area contributed by atoms with Gasteiger partial charge in [0, 0.05) is 45.0 Å². The van der Waals surface area contributed by atoms with Crippen molar-refractivity contribution in [1.82, 2.24) is 24.5 Å². The Morgan fingerprint density at radius 1 is 1.33 bits per heavy atom. The third-order valence-corrected chi connectivity index (χ3v) is 3.93. The molecule has 0 saturated carbocycles. The van der Waals surface area contributed by atoms with Crippen LogP contribution >= 0.6 is 12.4 Å². The summed E-state index contributed by atoms with van der Waals surface area (Å²) in [6.45, 7) is 4.00. The number of hydrogen-bond acceptors (Lipinski definition) is 5. The van der Waals surface area contributed by atoms with Gasteiger partial charge in [0.25, 0.3) is 5.56 Å². The second-order valence-corrected chi connectivity index (χ2v) is 5.82. The van der Waals surface area contributed by atoms with Gasteiger partial charge in [-0.25, -0.2) is 4.98 Å². The number of carbonyl (C=O) groups is 1. The summed E-state index contributed by atoms with van der Waals surface area (Å²) in [4.78, 5) is 32.6. The highest BCUT2D eigenvalue weighted by molar-refractivity contribution is 5.85. The Kier molecular flexibility index (Phi) is 6.30. The molecule has 24 heavy (non-hydrogen) atoms. The molecule has 1 fully saturated rings. The Morgan fingerprint density at radius 3 is 2.83 bits per heavy atom. The lowest BCUT2D eigenvalue weighted by atomic mass is 10.3. The van der Waals surface area contributed by atoms with Crippen molar-refractivity contribution < 1.29 is 4.79 Å². The molecule has 0 bridgehead atoms. The molecule has 0 atom stereocenters. The van der Waals surface area contributed by atoms with Crippen molar-refractivity contribution in [2.45, 2.75) is 6.54 Å². The maximum absolute atomic E-state index is 12.2.